The average Bonchev–Trinajstić information content (AvgIpc) is 2.17. The van der Waals surface area contributed by atoms with E-state index < -0.39 is 0 Å². The van der Waals surface area contributed by atoms with Crippen molar-refractivity contribution < 1.29 is 4.74 Å². The molecule has 1 aliphatic heterocycles. The Morgan fingerprint density at radius 1 is 1.43 bits per heavy atom. The van der Waals surface area contributed by atoms with Crippen LogP contribution in [0.3, 0.4) is 0 Å². The second kappa shape index (κ2) is 5.35. The van der Waals surface area contributed by atoms with E-state index in [1.165, 1.54) is 0 Å². The second-order valence-corrected chi connectivity index (χ2v) is 4.48. The molecule has 0 saturated carbocycles. The Morgan fingerprint density at radius 2 is 2.07 bits per heavy atom. The zero-order valence-electron chi connectivity index (χ0n) is 9.38. The molecule has 0 aromatic heterocycles. The first-order chi connectivity index (χ1) is 6.66. The molecule has 2 N–H and O–H groups in total. The van der Waals surface area contributed by atoms with Crippen LogP contribution in [0.4, 0.5) is 0 Å². The summed E-state index contributed by atoms with van der Waals surface area (Å²) in [5.74, 6) is 0.806. The van der Waals surface area contributed by atoms with Crippen molar-refractivity contribution in [3.05, 3.63) is 0 Å². The van der Waals surface area contributed by atoms with E-state index in [4.69, 9.17) is 10.5 Å². The van der Waals surface area contributed by atoms with Crippen LogP contribution in [0.1, 0.15) is 39.5 Å². The van der Waals surface area contributed by atoms with Crippen molar-refractivity contribution in [1.29, 1.82) is 0 Å². The van der Waals surface area contributed by atoms with Crippen LogP contribution >= 0.6 is 0 Å². The van der Waals surface area contributed by atoms with Crippen LogP contribution in [-0.2, 0) is 4.74 Å². The Labute approximate surface area is 86.7 Å². The quantitative estimate of drug-likeness (QED) is 0.554. The maximum Gasteiger partial charge on any atom is 0.0937 e. The van der Waals surface area contributed by atoms with Crippen LogP contribution in [0.25, 0.3) is 0 Å². The maximum absolute atomic E-state index is 5.78. The van der Waals surface area contributed by atoms with Gasteiger partial charge in [-0.3, -0.25) is 4.99 Å². The third-order valence-electron chi connectivity index (χ3n) is 2.87. The van der Waals surface area contributed by atoms with E-state index in [1.54, 1.807) is 0 Å². The van der Waals surface area contributed by atoms with Gasteiger partial charge in [-0.1, -0.05) is 13.8 Å². The van der Waals surface area contributed by atoms with Gasteiger partial charge in [0, 0.05) is 26.2 Å². The predicted octanol–water partition coefficient (Wildman–Crippen LogP) is 1.96. The van der Waals surface area contributed by atoms with Gasteiger partial charge in [0.1, 0.15) is 0 Å². The summed E-state index contributed by atoms with van der Waals surface area (Å²) in [6.45, 7) is 7.01. The van der Waals surface area contributed by atoms with Crippen LogP contribution < -0.4 is 5.73 Å². The number of hydrogen-bond acceptors (Lipinski definition) is 2. The number of nitrogens with two attached hydrogens (primary N) is 1. The molecule has 0 bridgehead atoms. The Hall–Kier alpha value is -0.570. The molecule has 0 aromatic carbocycles. The van der Waals surface area contributed by atoms with Gasteiger partial charge in [-0.05, 0) is 24.7 Å². The summed E-state index contributed by atoms with van der Waals surface area (Å²) in [6.07, 6.45) is 4.22. The van der Waals surface area contributed by atoms with E-state index in [2.05, 4.69) is 18.8 Å². The van der Waals surface area contributed by atoms with Crippen LogP contribution in [-0.4, -0.2) is 25.6 Å². The van der Waals surface area contributed by atoms with Crippen LogP contribution in [0.2, 0.25) is 0 Å². The standard InChI is InChI=1S/C11H22N2O/c1-3-4-10(12)13-9-11(2)5-7-14-8-6-11/h3-9H2,1-2H3,(H2,12,13). The average molecular weight is 198 g/mol. The lowest BCUT2D eigenvalue weighted by Crippen LogP contribution is -2.30. The van der Waals surface area contributed by atoms with E-state index in [-0.39, 0.29) is 0 Å². The van der Waals surface area contributed by atoms with E-state index >= 15 is 0 Å². The fraction of sp³-hybridized carbons (Fsp3) is 0.909. The summed E-state index contributed by atoms with van der Waals surface area (Å²) in [6, 6.07) is 0. The molecular formula is C11H22N2O. The molecule has 1 heterocycles. The predicted molar refractivity (Wildman–Crippen MR) is 59.6 cm³/mol. The molecule has 1 fully saturated rings. The molecule has 0 aromatic rings. The highest BCUT2D eigenvalue weighted by atomic mass is 16.5. The van der Waals surface area contributed by atoms with Crippen molar-refractivity contribution in [2.24, 2.45) is 16.1 Å². The molecule has 0 unspecified atom stereocenters. The van der Waals surface area contributed by atoms with Gasteiger partial charge in [0.2, 0.25) is 0 Å². The minimum absolute atomic E-state index is 0.316. The molecule has 14 heavy (non-hydrogen) atoms. The van der Waals surface area contributed by atoms with Crippen molar-refractivity contribution in [2.75, 3.05) is 19.8 Å². The highest BCUT2D eigenvalue weighted by Gasteiger charge is 2.26. The molecule has 1 saturated heterocycles. The van der Waals surface area contributed by atoms with Gasteiger partial charge in [0.25, 0.3) is 0 Å². The van der Waals surface area contributed by atoms with Gasteiger partial charge in [0.15, 0.2) is 0 Å². The maximum atomic E-state index is 5.78. The lowest BCUT2D eigenvalue weighted by atomic mass is 9.82. The summed E-state index contributed by atoms with van der Waals surface area (Å²) >= 11 is 0. The summed E-state index contributed by atoms with van der Waals surface area (Å²) in [5.41, 5.74) is 6.10. The highest BCUT2D eigenvalue weighted by Crippen LogP contribution is 2.29. The molecule has 82 valence electrons. The number of ether oxygens (including phenoxy) is 1. The third kappa shape index (κ3) is 3.66. The van der Waals surface area contributed by atoms with E-state index in [0.29, 0.717) is 5.41 Å². The van der Waals surface area contributed by atoms with Crippen LogP contribution in [0.15, 0.2) is 4.99 Å². The highest BCUT2D eigenvalue weighted by molar-refractivity contribution is 5.80. The fourth-order valence-corrected chi connectivity index (χ4v) is 1.65. The number of hydrogen-bond donors (Lipinski definition) is 1. The molecule has 1 rings (SSSR count). The van der Waals surface area contributed by atoms with E-state index in [1.807, 2.05) is 0 Å². The topological polar surface area (TPSA) is 47.6 Å². The fourth-order valence-electron chi connectivity index (χ4n) is 1.65. The van der Waals surface area contributed by atoms with Gasteiger partial charge in [-0.25, -0.2) is 0 Å². The minimum Gasteiger partial charge on any atom is -0.387 e. The van der Waals surface area contributed by atoms with Gasteiger partial charge < -0.3 is 10.5 Å². The van der Waals surface area contributed by atoms with Gasteiger partial charge in [0.05, 0.1) is 5.84 Å². The number of rotatable bonds is 4. The first-order valence-electron chi connectivity index (χ1n) is 5.53. The lowest BCUT2D eigenvalue weighted by molar-refractivity contribution is 0.0283. The van der Waals surface area contributed by atoms with Gasteiger partial charge >= 0.3 is 0 Å². The molecule has 0 aliphatic carbocycles. The van der Waals surface area contributed by atoms with Crippen LogP contribution in [0.5, 0.6) is 0 Å². The lowest BCUT2D eigenvalue weighted by Gasteiger charge is -2.31. The largest absolute Gasteiger partial charge is 0.387 e. The third-order valence-corrected chi connectivity index (χ3v) is 2.87. The Kier molecular flexibility index (Phi) is 4.39. The molecule has 3 nitrogen and oxygen atoms in total. The summed E-state index contributed by atoms with van der Waals surface area (Å²) < 4.78 is 5.34. The first-order valence-corrected chi connectivity index (χ1v) is 5.53. The van der Waals surface area contributed by atoms with E-state index in [0.717, 1.165) is 51.3 Å². The number of nitrogens with zero attached hydrogens (tertiary/aromatic N) is 1. The number of amidine groups is 1. The Bertz CT molecular complexity index is 195. The van der Waals surface area contributed by atoms with Gasteiger partial charge in [-0.2, -0.15) is 0 Å². The van der Waals surface area contributed by atoms with Crippen molar-refractivity contribution in [3.63, 3.8) is 0 Å². The van der Waals surface area contributed by atoms with E-state index in [9.17, 15) is 0 Å². The van der Waals surface area contributed by atoms with Gasteiger partial charge in [-0.15, -0.1) is 0 Å². The first kappa shape index (κ1) is 11.5. The summed E-state index contributed by atoms with van der Waals surface area (Å²) in [7, 11) is 0. The van der Waals surface area contributed by atoms with Crippen molar-refractivity contribution >= 4 is 5.84 Å². The van der Waals surface area contributed by atoms with Crippen LogP contribution in [0, 0.1) is 5.41 Å². The zero-order chi connectivity index (χ0) is 10.4. The SMILES string of the molecule is CCCC(N)=NCC1(C)CCOCC1. The molecule has 0 radical (unpaired) electrons. The summed E-state index contributed by atoms with van der Waals surface area (Å²) in [5, 5.41) is 0. The monoisotopic (exact) mass is 198 g/mol. The minimum atomic E-state index is 0.316. The van der Waals surface area contributed by atoms with Crippen molar-refractivity contribution in [1.82, 2.24) is 0 Å². The molecular weight excluding hydrogens is 176 g/mol. The molecule has 0 spiro atoms. The smallest absolute Gasteiger partial charge is 0.0937 e. The Morgan fingerprint density at radius 3 is 2.64 bits per heavy atom. The molecule has 0 amide bonds. The number of aliphatic imine (C=N–C) groups is 1. The van der Waals surface area contributed by atoms with Crippen molar-refractivity contribution in [2.45, 2.75) is 39.5 Å². The van der Waals surface area contributed by atoms with Crippen molar-refractivity contribution in [3.8, 4) is 0 Å². The summed E-state index contributed by atoms with van der Waals surface area (Å²) in [4.78, 5) is 4.45. The molecule has 0 atom stereocenters. The molecule has 3 heteroatoms. The Balaban J connectivity index is 2.37. The molecule has 1 aliphatic rings. The normalized spacial score (nSPS) is 22.3. The zero-order valence-corrected chi connectivity index (χ0v) is 9.38. The second-order valence-electron chi connectivity index (χ2n) is 4.48.